The first kappa shape index (κ1) is 20.0. The lowest BCUT2D eigenvalue weighted by molar-refractivity contribution is -0.120. The molecule has 1 N–H and O–H groups in total. The average molecular weight is 350 g/mol. The molecule has 0 saturated heterocycles. The highest BCUT2D eigenvalue weighted by Gasteiger charge is 2.21. The Morgan fingerprint density at radius 3 is 2.27 bits per heavy atom. The van der Waals surface area contributed by atoms with E-state index >= 15 is 0 Å². The molecule has 0 aromatic heterocycles. The Hall–Kier alpha value is -2.35. The molecule has 0 aliphatic heterocycles. The minimum Gasteiger partial charge on any atom is -0.326 e. The number of hydrogen-bond donors (Lipinski definition) is 1. The van der Waals surface area contributed by atoms with E-state index in [1.54, 1.807) is 0 Å². The number of hydrogen-bond acceptors (Lipinski definition) is 1. The van der Waals surface area contributed by atoms with Crippen molar-refractivity contribution in [1.29, 1.82) is 0 Å². The summed E-state index contributed by atoms with van der Waals surface area (Å²) >= 11 is 0. The lowest BCUT2D eigenvalue weighted by Crippen LogP contribution is -2.25. The highest BCUT2D eigenvalue weighted by atomic mass is 16.1. The summed E-state index contributed by atoms with van der Waals surface area (Å²) in [7, 11) is 0. The summed E-state index contributed by atoms with van der Waals surface area (Å²) in [5.41, 5.74) is 3.45. The number of rotatable bonds is 10. The Morgan fingerprint density at radius 2 is 1.65 bits per heavy atom. The third-order valence-electron chi connectivity index (χ3n) is 4.96. The van der Waals surface area contributed by atoms with Gasteiger partial charge in [0, 0.05) is 11.6 Å². The molecule has 0 heterocycles. The molecule has 1 amide bonds. The molecule has 26 heavy (non-hydrogen) atoms. The molecule has 0 spiro atoms. The number of benzene rings is 2. The predicted octanol–water partition coefficient (Wildman–Crippen LogP) is 6.26. The first-order valence-corrected chi connectivity index (χ1v) is 9.67. The van der Waals surface area contributed by atoms with Gasteiger partial charge < -0.3 is 5.32 Å². The predicted molar refractivity (Wildman–Crippen MR) is 111 cm³/mol. The molecule has 0 radical (unpaired) electrons. The van der Waals surface area contributed by atoms with E-state index < -0.39 is 0 Å². The summed E-state index contributed by atoms with van der Waals surface area (Å²) in [4.78, 5) is 12.7. The van der Waals surface area contributed by atoms with Crippen LogP contribution in [0.15, 0.2) is 72.8 Å². The van der Waals surface area contributed by atoms with Crippen molar-refractivity contribution in [3.8, 4) is 0 Å². The monoisotopic (exact) mass is 349 g/mol. The number of carbonyl (C=O) groups excluding carboxylic acids is 1. The van der Waals surface area contributed by atoms with E-state index in [9.17, 15) is 4.79 Å². The lowest BCUT2D eigenvalue weighted by Gasteiger charge is -2.22. The van der Waals surface area contributed by atoms with Crippen LogP contribution in [0.5, 0.6) is 0 Å². The number of aryl methyl sites for hydroxylation is 1. The Labute approximate surface area is 158 Å². The van der Waals surface area contributed by atoms with E-state index in [1.165, 1.54) is 11.1 Å². The fourth-order valence-corrected chi connectivity index (χ4v) is 3.26. The van der Waals surface area contributed by atoms with E-state index in [1.807, 2.05) is 36.4 Å². The zero-order chi connectivity index (χ0) is 18.8. The summed E-state index contributed by atoms with van der Waals surface area (Å²) in [6.07, 6.45) is 4.77. The normalized spacial score (nSPS) is 13.0. The average Bonchev–Trinajstić information content (AvgIpc) is 2.67. The first-order chi connectivity index (χ1) is 12.6. The number of amides is 1. The second-order valence-electron chi connectivity index (χ2n) is 7.12. The number of carbonyl (C=O) groups is 1. The van der Waals surface area contributed by atoms with Crippen molar-refractivity contribution in [3.05, 3.63) is 78.4 Å². The summed E-state index contributed by atoms with van der Waals surface area (Å²) < 4.78 is 0. The highest BCUT2D eigenvalue weighted by Crippen LogP contribution is 2.26. The van der Waals surface area contributed by atoms with Gasteiger partial charge in [-0.05, 0) is 49.3 Å². The van der Waals surface area contributed by atoms with Crippen LogP contribution in [0.2, 0.25) is 0 Å². The minimum atomic E-state index is 0.0312. The van der Waals surface area contributed by atoms with Crippen LogP contribution in [0.1, 0.15) is 45.1 Å². The molecule has 2 atom stereocenters. The maximum Gasteiger partial charge on any atom is 0.227 e. The number of nitrogens with one attached hydrogen (secondary N) is 1. The number of para-hydroxylation sites is 1. The molecule has 0 aliphatic rings. The van der Waals surface area contributed by atoms with E-state index in [2.05, 4.69) is 50.0 Å². The smallest absolute Gasteiger partial charge is 0.227 e. The van der Waals surface area contributed by atoms with Crippen LogP contribution in [0, 0.1) is 11.8 Å². The molecule has 2 heteroatoms. The van der Waals surface area contributed by atoms with Gasteiger partial charge in [-0.3, -0.25) is 4.79 Å². The van der Waals surface area contributed by atoms with Crippen molar-refractivity contribution >= 4 is 11.6 Å². The summed E-state index contributed by atoms with van der Waals surface area (Å²) in [6.45, 7) is 8.63. The van der Waals surface area contributed by atoms with Crippen LogP contribution in [-0.2, 0) is 11.2 Å². The van der Waals surface area contributed by atoms with Crippen LogP contribution in [0.3, 0.4) is 0 Å². The zero-order valence-electron chi connectivity index (χ0n) is 16.1. The van der Waals surface area contributed by atoms with E-state index in [0.717, 1.165) is 37.8 Å². The van der Waals surface area contributed by atoms with Gasteiger partial charge in [0.15, 0.2) is 0 Å². The quantitative estimate of drug-likeness (QED) is 0.504. The van der Waals surface area contributed by atoms with Crippen molar-refractivity contribution in [2.24, 2.45) is 11.8 Å². The van der Waals surface area contributed by atoms with Crippen LogP contribution in [-0.4, -0.2) is 5.91 Å². The second kappa shape index (κ2) is 10.6. The second-order valence-corrected chi connectivity index (χ2v) is 7.12. The largest absolute Gasteiger partial charge is 0.326 e. The third kappa shape index (κ3) is 6.51. The van der Waals surface area contributed by atoms with Gasteiger partial charge in [-0.2, -0.15) is 0 Å². The van der Waals surface area contributed by atoms with Crippen molar-refractivity contribution in [2.75, 3.05) is 5.32 Å². The molecule has 138 valence electrons. The van der Waals surface area contributed by atoms with E-state index in [-0.39, 0.29) is 11.8 Å². The molecule has 0 saturated carbocycles. The van der Waals surface area contributed by atoms with Crippen LogP contribution >= 0.6 is 0 Å². The zero-order valence-corrected chi connectivity index (χ0v) is 16.1. The molecule has 0 aliphatic carbocycles. The fraction of sp³-hybridized carbons (Fsp3) is 0.375. The molecule has 0 bridgehead atoms. The highest BCUT2D eigenvalue weighted by molar-refractivity contribution is 5.92. The van der Waals surface area contributed by atoms with Crippen molar-refractivity contribution < 1.29 is 4.79 Å². The molecule has 2 aromatic carbocycles. The summed E-state index contributed by atoms with van der Waals surface area (Å²) in [5, 5.41) is 3.06. The van der Waals surface area contributed by atoms with Crippen molar-refractivity contribution in [2.45, 2.75) is 46.0 Å². The fourth-order valence-electron chi connectivity index (χ4n) is 3.26. The molecule has 2 aromatic rings. The van der Waals surface area contributed by atoms with Gasteiger partial charge in [-0.1, -0.05) is 81.0 Å². The van der Waals surface area contributed by atoms with Crippen LogP contribution in [0.25, 0.3) is 0 Å². The van der Waals surface area contributed by atoms with Gasteiger partial charge in [-0.15, -0.1) is 0 Å². The molecular formula is C24H31NO. The SMILES string of the molecule is C=C(CCc1ccccc1)C(C)CC(CCC)C(=O)Nc1ccccc1. The van der Waals surface area contributed by atoms with E-state index in [0.29, 0.717) is 5.92 Å². The molecule has 0 fully saturated rings. The van der Waals surface area contributed by atoms with Gasteiger partial charge in [0.1, 0.15) is 0 Å². The Kier molecular flexibility index (Phi) is 8.14. The Morgan fingerprint density at radius 1 is 1.04 bits per heavy atom. The molecule has 2 nitrogen and oxygen atoms in total. The molecule has 2 rings (SSSR count). The van der Waals surface area contributed by atoms with Gasteiger partial charge in [0.2, 0.25) is 5.91 Å². The lowest BCUT2D eigenvalue weighted by atomic mass is 9.85. The summed E-state index contributed by atoms with van der Waals surface area (Å²) in [5.74, 6) is 0.501. The maximum absolute atomic E-state index is 12.7. The topological polar surface area (TPSA) is 29.1 Å². The first-order valence-electron chi connectivity index (χ1n) is 9.67. The minimum absolute atomic E-state index is 0.0312. The number of allylic oxidation sites excluding steroid dienone is 1. The van der Waals surface area contributed by atoms with Gasteiger partial charge in [-0.25, -0.2) is 0 Å². The van der Waals surface area contributed by atoms with Gasteiger partial charge in [0.25, 0.3) is 0 Å². The van der Waals surface area contributed by atoms with Crippen LogP contribution in [0.4, 0.5) is 5.69 Å². The van der Waals surface area contributed by atoms with Crippen LogP contribution < -0.4 is 5.32 Å². The Bertz CT molecular complexity index is 678. The van der Waals surface area contributed by atoms with Crippen molar-refractivity contribution in [1.82, 2.24) is 0 Å². The van der Waals surface area contributed by atoms with Gasteiger partial charge >= 0.3 is 0 Å². The van der Waals surface area contributed by atoms with E-state index in [4.69, 9.17) is 0 Å². The molecular weight excluding hydrogens is 318 g/mol. The number of anilines is 1. The van der Waals surface area contributed by atoms with Gasteiger partial charge in [0.05, 0.1) is 0 Å². The summed E-state index contributed by atoms with van der Waals surface area (Å²) in [6, 6.07) is 20.2. The van der Waals surface area contributed by atoms with Crippen molar-refractivity contribution in [3.63, 3.8) is 0 Å². The Balaban J connectivity index is 1.88. The standard InChI is InChI=1S/C24H31NO/c1-4-11-22(24(26)25-23-14-9-6-10-15-23)18-20(3)19(2)16-17-21-12-7-5-8-13-21/h5-10,12-15,20,22H,2,4,11,16-18H2,1,3H3,(H,25,26). The third-order valence-corrected chi connectivity index (χ3v) is 4.96. The maximum atomic E-state index is 12.7. The molecule has 2 unspecified atom stereocenters.